The van der Waals surface area contributed by atoms with E-state index in [1.54, 1.807) is 0 Å². The van der Waals surface area contributed by atoms with Crippen LogP contribution in [0.15, 0.2) is 71.5 Å². The summed E-state index contributed by atoms with van der Waals surface area (Å²) < 4.78 is 28.7. The lowest BCUT2D eigenvalue weighted by molar-refractivity contribution is 0.314. The van der Waals surface area contributed by atoms with Gasteiger partial charge in [-0.15, -0.1) is 0 Å². The van der Waals surface area contributed by atoms with Crippen molar-refractivity contribution in [3.8, 4) is 11.1 Å². The average Bonchev–Trinajstić information content (AvgIpc) is 2.75. The Labute approximate surface area is 183 Å². The van der Waals surface area contributed by atoms with Crippen LogP contribution in [0, 0.1) is 0 Å². The Morgan fingerprint density at radius 2 is 1.74 bits per heavy atom. The van der Waals surface area contributed by atoms with Gasteiger partial charge < -0.3 is 4.57 Å². The van der Waals surface area contributed by atoms with Gasteiger partial charge >= 0.3 is 0 Å². The molecule has 4 rings (SSSR count). The molecule has 5 nitrogen and oxygen atoms in total. The second-order valence-electron chi connectivity index (χ2n) is 8.25. The fourth-order valence-corrected chi connectivity index (χ4v) is 5.37. The SMILES string of the molecule is CCc1ccc2n(c1=O)C(Cc1cccc(-c3ccccc3)c1)C(NS(C)(=O)=O)CC2. The van der Waals surface area contributed by atoms with Crippen LogP contribution in [0.3, 0.4) is 0 Å². The van der Waals surface area contributed by atoms with Crippen molar-refractivity contribution in [3.63, 3.8) is 0 Å². The Balaban J connectivity index is 1.76. The third-order valence-corrected chi connectivity index (χ3v) is 6.74. The van der Waals surface area contributed by atoms with Crippen molar-refractivity contribution >= 4 is 10.0 Å². The van der Waals surface area contributed by atoms with Crippen molar-refractivity contribution in [2.45, 2.75) is 44.7 Å². The van der Waals surface area contributed by atoms with Gasteiger partial charge in [0.1, 0.15) is 0 Å². The molecule has 1 aliphatic rings. The molecule has 2 heterocycles. The summed E-state index contributed by atoms with van der Waals surface area (Å²) in [4.78, 5) is 13.2. The molecule has 1 aliphatic heterocycles. The number of nitrogens with one attached hydrogen (secondary N) is 1. The third-order valence-electron chi connectivity index (χ3n) is 6.01. The highest BCUT2D eigenvalue weighted by atomic mass is 32.2. The van der Waals surface area contributed by atoms with E-state index >= 15 is 0 Å². The first-order valence-corrected chi connectivity index (χ1v) is 12.6. The lowest BCUT2D eigenvalue weighted by Crippen LogP contribution is -2.48. The largest absolute Gasteiger partial charge is 0.307 e. The van der Waals surface area contributed by atoms with Crippen LogP contribution in [0.5, 0.6) is 0 Å². The van der Waals surface area contributed by atoms with Crippen molar-refractivity contribution in [2.24, 2.45) is 0 Å². The lowest BCUT2D eigenvalue weighted by atomic mass is 9.90. The van der Waals surface area contributed by atoms with Gasteiger partial charge in [0.2, 0.25) is 10.0 Å². The summed E-state index contributed by atoms with van der Waals surface area (Å²) in [6.07, 6.45) is 3.75. The summed E-state index contributed by atoms with van der Waals surface area (Å²) in [6.45, 7) is 1.97. The molecule has 6 heteroatoms. The Morgan fingerprint density at radius 3 is 2.45 bits per heavy atom. The van der Waals surface area contributed by atoms with E-state index in [4.69, 9.17) is 0 Å². The number of benzene rings is 2. The Kier molecular flexibility index (Phi) is 6.12. The zero-order chi connectivity index (χ0) is 22.0. The Morgan fingerprint density at radius 1 is 1.00 bits per heavy atom. The van der Waals surface area contributed by atoms with Crippen LogP contribution in [0.1, 0.15) is 36.2 Å². The normalized spacial score (nSPS) is 18.5. The maximum Gasteiger partial charge on any atom is 0.254 e. The molecule has 0 fully saturated rings. The van der Waals surface area contributed by atoms with E-state index in [0.29, 0.717) is 25.7 Å². The molecule has 0 saturated carbocycles. The summed E-state index contributed by atoms with van der Waals surface area (Å²) in [5.41, 5.74) is 5.03. The number of pyridine rings is 1. The molecule has 0 aliphatic carbocycles. The van der Waals surface area contributed by atoms with E-state index in [0.717, 1.165) is 27.9 Å². The number of hydrogen-bond acceptors (Lipinski definition) is 3. The molecule has 1 N–H and O–H groups in total. The number of fused-ring (bicyclic) bond motifs is 1. The predicted molar refractivity (Wildman–Crippen MR) is 125 cm³/mol. The number of nitrogens with zero attached hydrogens (tertiary/aromatic N) is 1. The minimum Gasteiger partial charge on any atom is -0.307 e. The van der Waals surface area contributed by atoms with Crippen LogP contribution >= 0.6 is 0 Å². The van der Waals surface area contributed by atoms with Crippen LogP contribution in [0.4, 0.5) is 0 Å². The molecule has 0 amide bonds. The van der Waals surface area contributed by atoms with Gasteiger partial charge in [-0.3, -0.25) is 4.79 Å². The van der Waals surface area contributed by atoms with Crippen LogP contribution in [-0.4, -0.2) is 25.3 Å². The molecule has 0 spiro atoms. The monoisotopic (exact) mass is 436 g/mol. The molecular weight excluding hydrogens is 408 g/mol. The van der Waals surface area contributed by atoms with E-state index < -0.39 is 10.0 Å². The number of sulfonamides is 1. The number of hydrogen-bond donors (Lipinski definition) is 1. The smallest absolute Gasteiger partial charge is 0.254 e. The fraction of sp³-hybridized carbons (Fsp3) is 0.320. The Hall–Kier alpha value is -2.70. The standard InChI is InChI=1S/C25H28N2O3S/c1-3-19-12-13-22-14-15-23(26-31(2,29)30)24(27(22)25(19)28)17-18-8-7-11-21(16-18)20-9-5-4-6-10-20/h4-13,16,23-24,26H,3,14-15,17H2,1-2H3. The molecule has 0 saturated heterocycles. The fourth-order valence-electron chi connectivity index (χ4n) is 4.54. The van der Waals surface area contributed by atoms with Gasteiger partial charge in [-0.05, 0) is 48.4 Å². The summed E-state index contributed by atoms with van der Waals surface area (Å²) >= 11 is 0. The van der Waals surface area contributed by atoms with Crippen molar-refractivity contribution in [1.29, 1.82) is 0 Å². The molecule has 3 aromatic rings. The van der Waals surface area contributed by atoms with Crippen molar-refractivity contribution in [3.05, 3.63) is 93.9 Å². The summed E-state index contributed by atoms with van der Waals surface area (Å²) in [5, 5.41) is 0. The van der Waals surface area contributed by atoms with Crippen LogP contribution in [0.25, 0.3) is 11.1 Å². The molecule has 162 valence electrons. The first-order valence-electron chi connectivity index (χ1n) is 10.7. The first kappa shape index (κ1) is 21.5. The van der Waals surface area contributed by atoms with Crippen LogP contribution < -0.4 is 10.3 Å². The van der Waals surface area contributed by atoms with E-state index in [1.165, 1.54) is 6.26 Å². The van der Waals surface area contributed by atoms with E-state index in [2.05, 4.69) is 29.0 Å². The average molecular weight is 437 g/mol. The van der Waals surface area contributed by atoms with Gasteiger partial charge in [0.25, 0.3) is 5.56 Å². The third kappa shape index (κ3) is 4.81. The first-order chi connectivity index (χ1) is 14.9. The minimum absolute atomic E-state index is 0.00999. The Bertz CT molecular complexity index is 1230. The summed E-state index contributed by atoms with van der Waals surface area (Å²) in [6, 6.07) is 21.8. The lowest BCUT2D eigenvalue weighted by Gasteiger charge is -2.36. The van der Waals surface area contributed by atoms with Crippen molar-refractivity contribution in [2.75, 3.05) is 6.26 Å². The topological polar surface area (TPSA) is 68.2 Å². The van der Waals surface area contributed by atoms with Gasteiger partial charge in [-0.2, -0.15) is 0 Å². The summed E-state index contributed by atoms with van der Waals surface area (Å²) in [5.74, 6) is 0. The van der Waals surface area contributed by atoms with Crippen molar-refractivity contribution < 1.29 is 8.42 Å². The second-order valence-corrected chi connectivity index (χ2v) is 10.0. The highest BCUT2D eigenvalue weighted by Crippen LogP contribution is 2.29. The maximum atomic E-state index is 13.2. The zero-order valence-electron chi connectivity index (χ0n) is 17.9. The van der Waals surface area contributed by atoms with E-state index in [-0.39, 0.29) is 17.6 Å². The number of aromatic nitrogens is 1. The highest BCUT2D eigenvalue weighted by Gasteiger charge is 2.32. The van der Waals surface area contributed by atoms with Crippen LogP contribution in [-0.2, 0) is 29.3 Å². The molecule has 1 aromatic heterocycles. The molecule has 0 bridgehead atoms. The van der Waals surface area contributed by atoms with Gasteiger partial charge in [0.05, 0.1) is 12.3 Å². The number of rotatable bonds is 6. The highest BCUT2D eigenvalue weighted by molar-refractivity contribution is 7.88. The van der Waals surface area contributed by atoms with Gasteiger partial charge in [-0.1, -0.05) is 67.6 Å². The van der Waals surface area contributed by atoms with Gasteiger partial charge in [0.15, 0.2) is 0 Å². The predicted octanol–water partition coefficient (Wildman–Crippen LogP) is 3.73. The minimum atomic E-state index is -3.40. The van der Waals surface area contributed by atoms with Gasteiger partial charge in [0, 0.05) is 17.3 Å². The van der Waals surface area contributed by atoms with Gasteiger partial charge in [-0.25, -0.2) is 13.1 Å². The zero-order valence-corrected chi connectivity index (χ0v) is 18.7. The second kappa shape index (κ2) is 8.81. The molecule has 2 atom stereocenters. The quantitative estimate of drug-likeness (QED) is 0.640. The van der Waals surface area contributed by atoms with E-state index in [9.17, 15) is 13.2 Å². The number of aryl methyl sites for hydroxylation is 2. The molecule has 2 aromatic carbocycles. The molecule has 31 heavy (non-hydrogen) atoms. The van der Waals surface area contributed by atoms with E-state index in [1.807, 2.05) is 54.0 Å². The molecule has 2 unspecified atom stereocenters. The molecular formula is C25H28N2O3S. The molecule has 0 radical (unpaired) electrons. The van der Waals surface area contributed by atoms with Crippen LogP contribution in [0.2, 0.25) is 0 Å². The maximum absolute atomic E-state index is 13.2. The van der Waals surface area contributed by atoms with Crippen molar-refractivity contribution in [1.82, 2.24) is 9.29 Å². The summed E-state index contributed by atoms with van der Waals surface area (Å²) in [7, 11) is -3.40.